The van der Waals surface area contributed by atoms with Crippen molar-refractivity contribution >= 4 is 15.9 Å². The largest absolute Gasteiger partial charge is 0.385 e. The third-order valence-corrected chi connectivity index (χ3v) is 2.38. The highest BCUT2D eigenvalue weighted by molar-refractivity contribution is 9.10. The van der Waals surface area contributed by atoms with Gasteiger partial charge in [-0.25, -0.2) is 0 Å². The summed E-state index contributed by atoms with van der Waals surface area (Å²) >= 11 is 3.21. The summed E-state index contributed by atoms with van der Waals surface area (Å²) in [5.41, 5.74) is 0.511. The fraction of sp³-hybridized carbons (Fsp3) is 0.222. The number of nitrogens with zero attached hydrogens (tertiary/aromatic N) is 1. The molecule has 0 aliphatic carbocycles. The summed E-state index contributed by atoms with van der Waals surface area (Å²) < 4.78 is 0.678. The summed E-state index contributed by atoms with van der Waals surface area (Å²) in [4.78, 5) is 0. The molecule has 13 heavy (non-hydrogen) atoms. The SMILES string of the molecule is N#CC(O)C(O)c1ccccc1Br. The Balaban J connectivity index is 2.96. The highest BCUT2D eigenvalue weighted by atomic mass is 79.9. The van der Waals surface area contributed by atoms with Crippen molar-refractivity contribution in [3.8, 4) is 6.07 Å². The van der Waals surface area contributed by atoms with Gasteiger partial charge in [0, 0.05) is 4.47 Å². The third kappa shape index (κ3) is 2.28. The Morgan fingerprint density at radius 2 is 1.92 bits per heavy atom. The van der Waals surface area contributed by atoms with Crippen LogP contribution in [0.2, 0.25) is 0 Å². The van der Waals surface area contributed by atoms with Gasteiger partial charge in [-0.2, -0.15) is 5.26 Å². The molecule has 0 heterocycles. The van der Waals surface area contributed by atoms with Gasteiger partial charge in [0.15, 0.2) is 6.10 Å². The van der Waals surface area contributed by atoms with Crippen LogP contribution in [0.1, 0.15) is 11.7 Å². The van der Waals surface area contributed by atoms with E-state index in [0.717, 1.165) is 0 Å². The first-order valence-corrected chi connectivity index (χ1v) is 4.46. The molecule has 2 N–H and O–H groups in total. The minimum atomic E-state index is -1.39. The first kappa shape index (κ1) is 10.2. The Bertz CT molecular complexity index is 335. The molecule has 4 heteroatoms. The molecule has 0 saturated carbocycles. The highest BCUT2D eigenvalue weighted by Crippen LogP contribution is 2.24. The van der Waals surface area contributed by atoms with E-state index in [9.17, 15) is 5.11 Å². The van der Waals surface area contributed by atoms with Crippen molar-refractivity contribution in [3.63, 3.8) is 0 Å². The summed E-state index contributed by atoms with van der Waals surface area (Å²) in [7, 11) is 0. The minimum Gasteiger partial charge on any atom is -0.385 e. The van der Waals surface area contributed by atoms with Crippen LogP contribution in [0.5, 0.6) is 0 Å². The smallest absolute Gasteiger partial charge is 0.170 e. The van der Waals surface area contributed by atoms with E-state index in [-0.39, 0.29) is 0 Å². The Morgan fingerprint density at radius 1 is 1.31 bits per heavy atom. The van der Waals surface area contributed by atoms with Gasteiger partial charge in [-0.15, -0.1) is 0 Å². The van der Waals surface area contributed by atoms with Crippen LogP contribution >= 0.6 is 15.9 Å². The third-order valence-electron chi connectivity index (χ3n) is 1.66. The van der Waals surface area contributed by atoms with Gasteiger partial charge in [0.1, 0.15) is 6.10 Å². The Morgan fingerprint density at radius 3 is 2.46 bits per heavy atom. The lowest BCUT2D eigenvalue weighted by Gasteiger charge is -2.13. The second-order valence-electron chi connectivity index (χ2n) is 2.54. The van der Waals surface area contributed by atoms with Crippen LogP contribution in [-0.4, -0.2) is 16.3 Å². The number of halogens is 1. The number of aliphatic hydroxyl groups is 2. The van der Waals surface area contributed by atoms with E-state index in [1.807, 2.05) is 0 Å². The van der Waals surface area contributed by atoms with Crippen LogP contribution in [0.25, 0.3) is 0 Å². The van der Waals surface area contributed by atoms with Crippen LogP contribution in [0, 0.1) is 11.3 Å². The first-order chi connectivity index (χ1) is 6.16. The Hall–Kier alpha value is -0.890. The van der Waals surface area contributed by atoms with E-state index in [0.29, 0.717) is 10.0 Å². The minimum absolute atomic E-state index is 0.511. The zero-order valence-electron chi connectivity index (χ0n) is 6.68. The molecule has 1 aromatic carbocycles. The molecule has 0 aromatic heterocycles. The molecule has 0 aliphatic rings. The first-order valence-electron chi connectivity index (χ1n) is 3.67. The van der Waals surface area contributed by atoms with Crippen LogP contribution < -0.4 is 0 Å². The van der Waals surface area contributed by atoms with E-state index in [4.69, 9.17) is 10.4 Å². The standard InChI is InChI=1S/C9H8BrNO2/c10-7-4-2-1-3-6(7)9(13)8(12)5-11/h1-4,8-9,12-13H. The molecule has 0 bridgehead atoms. The second kappa shape index (κ2) is 4.38. The molecule has 68 valence electrons. The van der Waals surface area contributed by atoms with Gasteiger partial charge in [-0.1, -0.05) is 34.1 Å². The highest BCUT2D eigenvalue weighted by Gasteiger charge is 2.19. The maximum Gasteiger partial charge on any atom is 0.170 e. The van der Waals surface area contributed by atoms with Crippen molar-refractivity contribution in [2.24, 2.45) is 0 Å². The maximum atomic E-state index is 9.47. The quantitative estimate of drug-likeness (QED) is 0.769. The van der Waals surface area contributed by atoms with Gasteiger partial charge in [0.25, 0.3) is 0 Å². The predicted octanol–water partition coefficient (Wildman–Crippen LogP) is 1.37. The van der Waals surface area contributed by atoms with Crippen molar-refractivity contribution in [2.75, 3.05) is 0 Å². The second-order valence-corrected chi connectivity index (χ2v) is 3.39. The maximum absolute atomic E-state index is 9.47. The fourth-order valence-electron chi connectivity index (χ4n) is 0.956. The van der Waals surface area contributed by atoms with E-state index in [1.54, 1.807) is 30.3 Å². The molecule has 0 radical (unpaired) electrons. The predicted molar refractivity (Wildman–Crippen MR) is 50.7 cm³/mol. The molecule has 1 aromatic rings. The van der Waals surface area contributed by atoms with Crippen molar-refractivity contribution in [3.05, 3.63) is 34.3 Å². The lowest BCUT2D eigenvalue weighted by Crippen LogP contribution is -2.16. The zero-order chi connectivity index (χ0) is 9.84. The van der Waals surface area contributed by atoms with Crippen molar-refractivity contribution < 1.29 is 10.2 Å². The molecule has 0 fully saturated rings. The molecule has 2 atom stereocenters. The van der Waals surface area contributed by atoms with Gasteiger partial charge >= 0.3 is 0 Å². The van der Waals surface area contributed by atoms with Crippen molar-refractivity contribution in [1.82, 2.24) is 0 Å². The molecule has 0 saturated heterocycles. The van der Waals surface area contributed by atoms with Gasteiger partial charge in [0.05, 0.1) is 6.07 Å². The average Bonchev–Trinajstić information content (AvgIpc) is 2.16. The number of nitriles is 1. The van der Waals surface area contributed by atoms with Gasteiger partial charge in [-0.3, -0.25) is 0 Å². The van der Waals surface area contributed by atoms with Crippen LogP contribution in [-0.2, 0) is 0 Å². The molecule has 0 aliphatic heterocycles. The number of hydrogen-bond donors (Lipinski definition) is 2. The fourth-order valence-corrected chi connectivity index (χ4v) is 1.47. The number of rotatable bonds is 2. The van der Waals surface area contributed by atoms with Crippen LogP contribution in [0.4, 0.5) is 0 Å². The van der Waals surface area contributed by atoms with Crippen molar-refractivity contribution in [2.45, 2.75) is 12.2 Å². The van der Waals surface area contributed by atoms with Crippen LogP contribution in [0.3, 0.4) is 0 Å². The van der Waals surface area contributed by atoms with E-state index >= 15 is 0 Å². The number of benzene rings is 1. The normalized spacial score (nSPS) is 14.6. The monoisotopic (exact) mass is 241 g/mol. The lowest BCUT2D eigenvalue weighted by molar-refractivity contribution is 0.0523. The molecule has 1 rings (SSSR count). The molecule has 0 spiro atoms. The zero-order valence-corrected chi connectivity index (χ0v) is 8.27. The summed E-state index contributed by atoms with van der Waals surface area (Å²) in [6, 6.07) is 8.48. The summed E-state index contributed by atoms with van der Waals surface area (Å²) in [6.07, 6.45) is -2.56. The summed E-state index contributed by atoms with van der Waals surface area (Å²) in [5.74, 6) is 0. The molecule has 2 unspecified atom stereocenters. The van der Waals surface area contributed by atoms with E-state index in [1.165, 1.54) is 0 Å². The Labute approximate surface area is 84.4 Å². The van der Waals surface area contributed by atoms with E-state index < -0.39 is 12.2 Å². The summed E-state index contributed by atoms with van der Waals surface area (Å²) in [5, 5.41) is 26.9. The average molecular weight is 242 g/mol. The number of aliphatic hydroxyl groups excluding tert-OH is 2. The topological polar surface area (TPSA) is 64.2 Å². The van der Waals surface area contributed by atoms with Crippen LogP contribution in [0.15, 0.2) is 28.7 Å². The van der Waals surface area contributed by atoms with Gasteiger partial charge in [0.2, 0.25) is 0 Å². The van der Waals surface area contributed by atoms with Gasteiger partial charge < -0.3 is 10.2 Å². The summed E-state index contributed by atoms with van der Waals surface area (Å²) in [6.45, 7) is 0. The van der Waals surface area contributed by atoms with Gasteiger partial charge in [-0.05, 0) is 11.6 Å². The molecular weight excluding hydrogens is 234 g/mol. The lowest BCUT2D eigenvalue weighted by atomic mass is 10.1. The molecule has 3 nitrogen and oxygen atoms in total. The molecule has 0 amide bonds. The number of hydrogen-bond acceptors (Lipinski definition) is 3. The van der Waals surface area contributed by atoms with E-state index in [2.05, 4.69) is 15.9 Å². The van der Waals surface area contributed by atoms with Crippen molar-refractivity contribution in [1.29, 1.82) is 5.26 Å². The Kier molecular flexibility index (Phi) is 3.43. The molecular formula is C9H8BrNO2.